The average molecular weight is 225 g/mol. The monoisotopic (exact) mass is 225 g/mol. The Labute approximate surface area is 98.0 Å². The molecule has 0 bridgehead atoms. The summed E-state index contributed by atoms with van der Waals surface area (Å²) < 4.78 is 5.24. The first-order valence-corrected chi connectivity index (χ1v) is 5.82. The minimum atomic E-state index is 0.403. The molecule has 0 amide bonds. The minimum absolute atomic E-state index is 0.403. The summed E-state index contributed by atoms with van der Waals surface area (Å²) in [7, 11) is 4.15. The molecule has 0 aliphatic heterocycles. The fraction of sp³-hybridized carbons (Fsp3) is 0.750. The first-order chi connectivity index (χ1) is 7.49. The average Bonchev–Trinajstić information content (AvgIpc) is 2.61. The van der Waals surface area contributed by atoms with Crippen molar-refractivity contribution in [3.05, 3.63) is 17.5 Å². The van der Waals surface area contributed by atoms with Crippen LogP contribution in [0.15, 0.2) is 10.6 Å². The quantitative estimate of drug-likeness (QED) is 0.802. The van der Waals surface area contributed by atoms with Gasteiger partial charge in [-0.05, 0) is 21.0 Å². The van der Waals surface area contributed by atoms with Crippen LogP contribution in [0.5, 0.6) is 0 Å². The Hall–Kier alpha value is -0.870. The largest absolute Gasteiger partial charge is 0.361 e. The van der Waals surface area contributed by atoms with Crippen molar-refractivity contribution in [1.29, 1.82) is 0 Å². The van der Waals surface area contributed by atoms with Gasteiger partial charge in [0.1, 0.15) is 5.76 Å². The molecular formula is C12H23N3O. The zero-order valence-electron chi connectivity index (χ0n) is 10.9. The maximum atomic E-state index is 5.24. The van der Waals surface area contributed by atoms with Crippen LogP contribution in [-0.4, -0.2) is 36.7 Å². The summed E-state index contributed by atoms with van der Waals surface area (Å²) in [5.41, 5.74) is 0.981. The van der Waals surface area contributed by atoms with E-state index in [1.807, 2.05) is 6.07 Å². The molecule has 0 aromatic carbocycles. The van der Waals surface area contributed by atoms with E-state index in [1.54, 1.807) is 0 Å². The molecule has 1 aromatic heterocycles. The van der Waals surface area contributed by atoms with Gasteiger partial charge in [-0.1, -0.05) is 19.0 Å². The number of likely N-dealkylation sites (N-methyl/N-ethyl adjacent to an activating group) is 1. The molecule has 1 unspecified atom stereocenters. The van der Waals surface area contributed by atoms with Crippen molar-refractivity contribution in [3.63, 3.8) is 0 Å². The third-order valence-corrected chi connectivity index (χ3v) is 2.42. The van der Waals surface area contributed by atoms with Crippen molar-refractivity contribution in [1.82, 2.24) is 15.4 Å². The highest BCUT2D eigenvalue weighted by atomic mass is 16.5. The lowest BCUT2D eigenvalue weighted by Gasteiger charge is -2.17. The molecular weight excluding hydrogens is 202 g/mol. The number of aromatic nitrogens is 1. The molecule has 1 N–H and O–H groups in total. The molecule has 1 heterocycles. The standard InChI is InChI=1S/C12H23N3O/c1-9(2)12-6-11(14-16-12)7-13-10(3)8-15(4)5/h6,9-10,13H,7-8H2,1-5H3. The van der Waals surface area contributed by atoms with Gasteiger partial charge in [-0.2, -0.15) is 0 Å². The van der Waals surface area contributed by atoms with Gasteiger partial charge in [-0.15, -0.1) is 0 Å². The Bertz CT molecular complexity index is 307. The van der Waals surface area contributed by atoms with Crippen LogP contribution in [0.2, 0.25) is 0 Å². The molecule has 92 valence electrons. The summed E-state index contributed by atoms with van der Waals surface area (Å²) in [5.74, 6) is 1.36. The highest BCUT2D eigenvalue weighted by molar-refractivity contribution is 5.08. The second kappa shape index (κ2) is 6.01. The second-order valence-electron chi connectivity index (χ2n) is 4.92. The molecule has 1 rings (SSSR count). The number of rotatable bonds is 6. The van der Waals surface area contributed by atoms with E-state index in [0.717, 1.165) is 24.5 Å². The maximum Gasteiger partial charge on any atom is 0.139 e. The summed E-state index contributed by atoms with van der Waals surface area (Å²) in [6, 6.07) is 2.48. The molecule has 4 nitrogen and oxygen atoms in total. The van der Waals surface area contributed by atoms with Crippen molar-refractivity contribution in [2.75, 3.05) is 20.6 Å². The summed E-state index contributed by atoms with van der Waals surface area (Å²) in [6.45, 7) is 8.17. The molecule has 4 heteroatoms. The van der Waals surface area contributed by atoms with Crippen LogP contribution in [0.4, 0.5) is 0 Å². The Morgan fingerprint density at radius 1 is 1.38 bits per heavy atom. The molecule has 0 saturated heterocycles. The third-order valence-electron chi connectivity index (χ3n) is 2.42. The normalized spacial score (nSPS) is 13.7. The first kappa shape index (κ1) is 13.2. The van der Waals surface area contributed by atoms with Crippen molar-refractivity contribution >= 4 is 0 Å². The van der Waals surface area contributed by atoms with Crippen LogP contribution >= 0.6 is 0 Å². The van der Waals surface area contributed by atoms with Gasteiger partial charge in [-0.3, -0.25) is 0 Å². The summed E-state index contributed by atoms with van der Waals surface area (Å²) >= 11 is 0. The van der Waals surface area contributed by atoms with Crippen LogP contribution in [0, 0.1) is 0 Å². The Morgan fingerprint density at radius 2 is 2.06 bits per heavy atom. The van der Waals surface area contributed by atoms with E-state index >= 15 is 0 Å². The van der Waals surface area contributed by atoms with E-state index in [0.29, 0.717) is 12.0 Å². The Kier molecular flexibility index (Phi) is 4.96. The van der Waals surface area contributed by atoms with Gasteiger partial charge in [-0.25, -0.2) is 0 Å². The van der Waals surface area contributed by atoms with Crippen molar-refractivity contribution in [2.45, 2.75) is 39.3 Å². The highest BCUT2D eigenvalue weighted by Crippen LogP contribution is 2.14. The molecule has 0 fully saturated rings. The Morgan fingerprint density at radius 3 is 2.56 bits per heavy atom. The summed E-state index contributed by atoms with van der Waals surface area (Å²) in [4.78, 5) is 2.17. The van der Waals surface area contributed by atoms with E-state index in [-0.39, 0.29) is 0 Å². The molecule has 0 spiro atoms. The van der Waals surface area contributed by atoms with Gasteiger partial charge < -0.3 is 14.7 Å². The number of nitrogens with one attached hydrogen (secondary N) is 1. The van der Waals surface area contributed by atoms with Crippen molar-refractivity contribution in [3.8, 4) is 0 Å². The Balaban J connectivity index is 2.36. The topological polar surface area (TPSA) is 41.3 Å². The number of hydrogen-bond acceptors (Lipinski definition) is 4. The first-order valence-electron chi connectivity index (χ1n) is 5.82. The number of nitrogens with zero attached hydrogens (tertiary/aromatic N) is 2. The highest BCUT2D eigenvalue weighted by Gasteiger charge is 2.09. The van der Waals surface area contributed by atoms with Gasteiger partial charge in [0.15, 0.2) is 0 Å². The van der Waals surface area contributed by atoms with E-state index < -0.39 is 0 Å². The predicted octanol–water partition coefficient (Wildman–Crippen LogP) is 1.84. The van der Waals surface area contributed by atoms with Gasteiger partial charge in [0.05, 0.1) is 5.69 Å². The zero-order valence-corrected chi connectivity index (χ0v) is 10.9. The van der Waals surface area contributed by atoms with Gasteiger partial charge in [0.25, 0.3) is 0 Å². The van der Waals surface area contributed by atoms with E-state index in [4.69, 9.17) is 4.52 Å². The summed E-state index contributed by atoms with van der Waals surface area (Å²) in [6.07, 6.45) is 0. The number of hydrogen-bond donors (Lipinski definition) is 1. The SMILES string of the molecule is CC(CN(C)C)NCc1cc(C(C)C)on1. The fourth-order valence-corrected chi connectivity index (χ4v) is 1.57. The van der Waals surface area contributed by atoms with Crippen LogP contribution < -0.4 is 5.32 Å². The lowest BCUT2D eigenvalue weighted by Crippen LogP contribution is -2.35. The van der Waals surface area contributed by atoms with Gasteiger partial charge >= 0.3 is 0 Å². The molecule has 0 saturated carbocycles. The molecule has 0 radical (unpaired) electrons. The van der Waals surface area contributed by atoms with E-state index in [2.05, 4.69) is 50.2 Å². The van der Waals surface area contributed by atoms with Gasteiger partial charge in [0, 0.05) is 31.1 Å². The van der Waals surface area contributed by atoms with E-state index in [1.165, 1.54) is 0 Å². The van der Waals surface area contributed by atoms with E-state index in [9.17, 15) is 0 Å². The third kappa shape index (κ3) is 4.33. The summed E-state index contributed by atoms with van der Waals surface area (Å²) in [5, 5.41) is 7.46. The molecule has 0 aliphatic carbocycles. The van der Waals surface area contributed by atoms with Crippen LogP contribution in [0.1, 0.15) is 38.1 Å². The predicted molar refractivity (Wildman–Crippen MR) is 65.4 cm³/mol. The second-order valence-corrected chi connectivity index (χ2v) is 4.92. The van der Waals surface area contributed by atoms with Crippen molar-refractivity contribution in [2.24, 2.45) is 0 Å². The molecule has 16 heavy (non-hydrogen) atoms. The van der Waals surface area contributed by atoms with Crippen molar-refractivity contribution < 1.29 is 4.52 Å². The molecule has 1 aromatic rings. The fourth-order valence-electron chi connectivity index (χ4n) is 1.57. The maximum absolute atomic E-state index is 5.24. The van der Waals surface area contributed by atoms with Gasteiger partial charge in [0.2, 0.25) is 0 Å². The smallest absolute Gasteiger partial charge is 0.139 e. The molecule has 0 aliphatic rings. The zero-order chi connectivity index (χ0) is 12.1. The molecule has 1 atom stereocenters. The lowest BCUT2D eigenvalue weighted by molar-refractivity contribution is 0.340. The van der Waals surface area contributed by atoms with Crippen LogP contribution in [0.3, 0.4) is 0 Å². The lowest BCUT2D eigenvalue weighted by atomic mass is 10.1. The van der Waals surface area contributed by atoms with Crippen LogP contribution in [0.25, 0.3) is 0 Å². The minimum Gasteiger partial charge on any atom is -0.361 e. The van der Waals surface area contributed by atoms with Crippen LogP contribution in [-0.2, 0) is 6.54 Å².